The number of nitrogens with one attached hydrogen (secondary N) is 2. The second kappa shape index (κ2) is 18.9. The van der Waals surface area contributed by atoms with Crippen molar-refractivity contribution >= 4 is 39.0 Å². The van der Waals surface area contributed by atoms with Gasteiger partial charge in [-0.15, -0.1) is 10.2 Å². The lowest BCUT2D eigenvalue weighted by atomic mass is 9.91. The lowest BCUT2D eigenvalue weighted by Crippen LogP contribution is -2.47. The number of aromatic nitrogens is 2. The summed E-state index contributed by atoms with van der Waals surface area (Å²) >= 11 is 3.20. The van der Waals surface area contributed by atoms with Gasteiger partial charge in [-0.05, 0) is 65.8 Å². The van der Waals surface area contributed by atoms with Crippen LogP contribution in [-0.2, 0) is 43.9 Å². The van der Waals surface area contributed by atoms with E-state index in [1.165, 1.54) is 0 Å². The van der Waals surface area contributed by atoms with E-state index in [1.807, 2.05) is 117 Å². The number of rotatable bonds is 15. The van der Waals surface area contributed by atoms with Crippen LogP contribution >= 0.6 is 23.1 Å². The Morgan fingerprint density at radius 1 is 0.828 bits per heavy atom. The van der Waals surface area contributed by atoms with Gasteiger partial charge in [0.1, 0.15) is 11.0 Å². The molecule has 0 saturated carbocycles. The maximum Gasteiger partial charge on any atom is 0.241 e. The minimum absolute atomic E-state index is 0.0275. The fourth-order valence-corrected chi connectivity index (χ4v) is 10.1. The van der Waals surface area contributed by atoms with Gasteiger partial charge in [-0.2, -0.15) is 4.72 Å². The quantitative estimate of drug-likeness (QED) is 0.0876. The van der Waals surface area contributed by atoms with E-state index in [0.29, 0.717) is 5.75 Å². The van der Waals surface area contributed by atoms with Crippen molar-refractivity contribution in [2.75, 3.05) is 5.75 Å². The highest BCUT2D eigenvalue weighted by Crippen LogP contribution is 2.43. The first-order valence-electron chi connectivity index (χ1n) is 19.1. The largest absolute Gasteiger partial charge is 0.392 e. The summed E-state index contributed by atoms with van der Waals surface area (Å²) in [7, 11) is -3.98. The van der Waals surface area contributed by atoms with Crippen LogP contribution in [-0.4, -0.2) is 47.5 Å². The second-order valence-electron chi connectivity index (χ2n) is 14.4. The molecule has 10 nitrogen and oxygen atoms in total. The first-order valence-corrected chi connectivity index (χ1v) is 22.4. The van der Waals surface area contributed by atoms with E-state index in [1.54, 1.807) is 47.4 Å². The highest BCUT2D eigenvalue weighted by atomic mass is 32.2. The Labute approximate surface area is 348 Å². The first-order chi connectivity index (χ1) is 28.1. The van der Waals surface area contributed by atoms with Crippen LogP contribution in [0.1, 0.15) is 57.7 Å². The highest BCUT2D eigenvalue weighted by Gasteiger charge is 2.38. The molecule has 1 saturated heterocycles. The van der Waals surface area contributed by atoms with Crippen molar-refractivity contribution in [2.24, 2.45) is 5.92 Å². The van der Waals surface area contributed by atoms with Crippen LogP contribution in [0.3, 0.4) is 0 Å². The molecule has 6 aromatic rings. The Balaban J connectivity index is 1.08. The molecule has 2 heterocycles. The van der Waals surface area contributed by atoms with Gasteiger partial charge >= 0.3 is 0 Å². The maximum absolute atomic E-state index is 13.8. The zero-order valence-electron chi connectivity index (χ0n) is 32.4. The standard InChI is InChI=1S/C45H46N4O6S3/c1-29-13-23-38(24-14-29)58(52,53)49-40(25-32-9-5-4-6-10-32)43(51)46-26-37-11-7-8-12-39(37)34-19-21-36(22-20-34)44-54-41(28-56-45-48-47-31(3)57-45)30(2)42(55-44)35-17-15-33(27-50)16-18-35/h4-24,30,40-42,44,49-50H,25-28H2,1-3H3,(H,46,51)/t30-,40-,41+,42+,44+/m1/s1. The van der Waals surface area contributed by atoms with Crippen molar-refractivity contribution < 1.29 is 27.8 Å². The fraction of sp³-hybridized carbons (Fsp3) is 0.267. The summed E-state index contributed by atoms with van der Waals surface area (Å²) in [6.45, 7) is 6.13. The van der Waals surface area contributed by atoms with Gasteiger partial charge in [0.2, 0.25) is 15.9 Å². The van der Waals surface area contributed by atoms with Crippen LogP contribution in [0, 0.1) is 19.8 Å². The smallest absolute Gasteiger partial charge is 0.241 e. The molecule has 1 fully saturated rings. The third kappa shape index (κ3) is 10.3. The molecule has 0 radical (unpaired) electrons. The molecule has 58 heavy (non-hydrogen) atoms. The van der Waals surface area contributed by atoms with Crippen molar-refractivity contribution in [3.63, 3.8) is 0 Å². The molecule has 5 aromatic carbocycles. The maximum atomic E-state index is 13.8. The number of benzene rings is 5. The molecule has 5 atom stereocenters. The van der Waals surface area contributed by atoms with Crippen LogP contribution in [0.25, 0.3) is 11.1 Å². The predicted octanol–water partition coefficient (Wildman–Crippen LogP) is 8.10. The molecule has 0 bridgehead atoms. The van der Waals surface area contributed by atoms with E-state index < -0.39 is 28.3 Å². The monoisotopic (exact) mass is 834 g/mol. The molecule has 1 aromatic heterocycles. The summed E-state index contributed by atoms with van der Waals surface area (Å²) in [6.07, 6.45) is -0.841. The summed E-state index contributed by atoms with van der Waals surface area (Å²) in [6, 6.07) is 38.6. The molecule has 13 heteroatoms. The number of amides is 1. The Kier molecular flexibility index (Phi) is 13.5. The highest BCUT2D eigenvalue weighted by molar-refractivity contribution is 8.01. The molecule has 1 aliphatic rings. The van der Waals surface area contributed by atoms with E-state index >= 15 is 0 Å². The Bertz CT molecular complexity index is 2390. The molecule has 1 aliphatic heterocycles. The summed E-state index contributed by atoms with van der Waals surface area (Å²) in [4.78, 5) is 13.9. The van der Waals surface area contributed by atoms with Crippen LogP contribution in [0.15, 0.2) is 137 Å². The average Bonchev–Trinajstić information content (AvgIpc) is 3.67. The third-order valence-corrected chi connectivity index (χ3v) is 13.7. The zero-order valence-corrected chi connectivity index (χ0v) is 34.9. The molecule has 1 amide bonds. The topological polar surface area (TPSA) is 140 Å². The van der Waals surface area contributed by atoms with E-state index in [-0.39, 0.29) is 42.6 Å². The number of carbonyl (C=O) groups excluding carboxylic acids is 1. The molecule has 3 N–H and O–H groups in total. The number of aliphatic hydroxyl groups is 1. The number of aryl methyl sites for hydroxylation is 2. The average molecular weight is 835 g/mol. The van der Waals surface area contributed by atoms with Crippen molar-refractivity contribution in [1.29, 1.82) is 0 Å². The van der Waals surface area contributed by atoms with Crippen LogP contribution < -0.4 is 10.0 Å². The Morgan fingerprint density at radius 2 is 1.52 bits per heavy atom. The lowest BCUT2D eigenvalue weighted by Gasteiger charge is -2.41. The van der Waals surface area contributed by atoms with Gasteiger partial charge in [0.25, 0.3) is 0 Å². The summed E-state index contributed by atoms with van der Waals surface area (Å²) in [5.74, 6) is 0.279. The lowest BCUT2D eigenvalue weighted by molar-refractivity contribution is -0.268. The van der Waals surface area contributed by atoms with Crippen molar-refractivity contribution in [3.05, 3.63) is 166 Å². The zero-order chi connectivity index (χ0) is 40.6. The van der Waals surface area contributed by atoms with Gasteiger partial charge in [-0.25, -0.2) is 8.42 Å². The number of aliphatic hydroxyl groups excluding tert-OH is 1. The molecule has 0 aliphatic carbocycles. The van der Waals surface area contributed by atoms with Crippen LogP contribution in [0.4, 0.5) is 0 Å². The van der Waals surface area contributed by atoms with Crippen LogP contribution in [0.5, 0.6) is 0 Å². The Hall–Kier alpha value is -4.73. The number of thioether (sulfide) groups is 1. The number of carbonyl (C=O) groups is 1. The summed E-state index contributed by atoms with van der Waals surface area (Å²) < 4.78 is 43.7. The first kappa shape index (κ1) is 41.4. The van der Waals surface area contributed by atoms with Gasteiger partial charge in [0.05, 0.1) is 23.7 Å². The summed E-state index contributed by atoms with van der Waals surface area (Å²) in [5, 5.41) is 22.0. The number of sulfonamides is 1. The number of nitrogens with zero attached hydrogens (tertiary/aromatic N) is 2. The van der Waals surface area contributed by atoms with E-state index in [9.17, 15) is 18.3 Å². The van der Waals surface area contributed by atoms with Gasteiger partial charge in [0.15, 0.2) is 10.6 Å². The van der Waals surface area contributed by atoms with E-state index in [4.69, 9.17) is 9.47 Å². The van der Waals surface area contributed by atoms with Gasteiger partial charge in [0, 0.05) is 23.8 Å². The molecule has 0 unspecified atom stereocenters. The second-order valence-corrected chi connectivity index (χ2v) is 18.6. The van der Waals surface area contributed by atoms with E-state index in [2.05, 4.69) is 27.2 Å². The normalized spacial score (nSPS) is 18.8. The van der Waals surface area contributed by atoms with Crippen molar-refractivity contribution in [1.82, 2.24) is 20.2 Å². The SMILES string of the molecule is Cc1ccc(S(=O)(=O)N[C@H](Cc2ccccc2)C(=O)NCc2ccccc2-c2ccc([C@H]3O[C@@H](CSc4nnc(C)s4)[C@@H](C)[C@@H](c4ccc(CO)cc4)O3)cc2)cc1. The van der Waals surface area contributed by atoms with Gasteiger partial charge in [-0.1, -0.05) is 151 Å². The molecular weight excluding hydrogens is 789 g/mol. The minimum Gasteiger partial charge on any atom is -0.392 e. The molecule has 7 rings (SSSR count). The number of hydrogen-bond acceptors (Lipinski definition) is 10. The molecule has 0 spiro atoms. The third-order valence-electron chi connectivity index (χ3n) is 10.2. The Morgan fingerprint density at radius 3 is 2.21 bits per heavy atom. The van der Waals surface area contributed by atoms with Crippen LogP contribution in [0.2, 0.25) is 0 Å². The molecule has 300 valence electrons. The number of hydrogen-bond donors (Lipinski definition) is 3. The fourth-order valence-electron chi connectivity index (χ4n) is 6.89. The van der Waals surface area contributed by atoms with Gasteiger partial charge in [-0.3, -0.25) is 4.79 Å². The van der Waals surface area contributed by atoms with Crippen molar-refractivity contribution in [3.8, 4) is 11.1 Å². The minimum atomic E-state index is -3.98. The van der Waals surface area contributed by atoms with Crippen molar-refractivity contribution in [2.45, 2.75) is 74.1 Å². The van der Waals surface area contributed by atoms with E-state index in [0.717, 1.165) is 53.9 Å². The number of ether oxygens (including phenoxy) is 2. The summed E-state index contributed by atoms with van der Waals surface area (Å²) in [5.41, 5.74) is 7.22. The predicted molar refractivity (Wildman–Crippen MR) is 227 cm³/mol. The van der Waals surface area contributed by atoms with Gasteiger partial charge < -0.3 is 19.9 Å². The molecular formula is C45H46N4O6S3.